The molecule has 1 rings (SSSR count). The highest BCUT2D eigenvalue weighted by Gasteiger charge is 2.14. The molecule has 4 heteroatoms. The summed E-state index contributed by atoms with van der Waals surface area (Å²) in [4.78, 5) is 10.9. The van der Waals surface area contributed by atoms with E-state index in [0.717, 1.165) is 5.75 Å². The van der Waals surface area contributed by atoms with Gasteiger partial charge in [0.1, 0.15) is 18.1 Å². The highest BCUT2D eigenvalue weighted by molar-refractivity contribution is 5.69. The normalized spacial score (nSPS) is 11.1. The van der Waals surface area contributed by atoms with Gasteiger partial charge in [0.15, 0.2) is 0 Å². The van der Waals surface area contributed by atoms with Crippen molar-refractivity contribution >= 4 is 5.97 Å². The molecule has 1 aromatic rings. The summed E-state index contributed by atoms with van der Waals surface area (Å²) in [5, 5.41) is 8.93. The number of benzene rings is 1. The molecule has 0 bridgehead atoms. The molecule has 0 aromatic heterocycles. The van der Waals surface area contributed by atoms with E-state index in [1.54, 1.807) is 31.2 Å². The number of hydrogen-bond donors (Lipinski definition) is 1. The van der Waals surface area contributed by atoms with Gasteiger partial charge in [0.05, 0.1) is 12.5 Å². The highest BCUT2D eigenvalue weighted by Crippen LogP contribution is 2.18. The van der Waals surface area contributed by atoms with Crippen LogP contribution < -0.4 is 9.47 Å². The van der Waals surface area contributed by atoms with E-state index in [1.165, 1.54) is 0 Å². The van der Waals surface area contributed by atoms with E-state index >= 15 is 0 Å². The number of ether oxygens (including phenoxy) is 2. The van der Waals surface area contributed by atoms with Crippen molar-refractivity contribution in [2.24, 2.45) is 5.92 Å². The first-order chi connectivity index (χ1) is 9.67. The van der Waals surface area contributed by atoms with E-state index in [4.69, 9.17) is 14.6 Å². The van der Waals surface area contributed by atoms with Crippen LogP contribution in [0.15, 0.2) is 24.3 Å². The van der Waals surface area contributed by atoms with Gasteiger partial charge in [-0.25, -0.2) is 0 Å². The van der Waals surface area contributed by atoms with Crippen LogP contribution in [-0.4, -0.2) is 24.3 Å². The second-order valence-corrected chi connectivity index (χ2v) is 4.27. The zero-order chi connectivity index (χ0) is 14.8. The second-order valence-electron chi connectivity index (χ2n) is 4.27. The Hall–Kier alpha value is -2.15. The summed E-state index contributed by atoms with van der Waals surface area (Å²) in [6.45, 7) is 4.39. The lowest BCUT2D eigenvalue weighted by Gasteiger charge is -2.11. The van der Waals surface area contributed by atoms with Crippen molar-refractivity contribution in [2.45, 2.75) is 26.7 Å². The minimum absolute atomic E-state index is 0.342. The van der Waals surface area contributed by atoms with Crippen LogP contribution in [0.2, 0.25) is 0 Å². The van der Waals surface area contributed by atoms with Gasteiger partial charge in [0.25, 0.3) is 0 Å². The molecule has 0 aliphatic heterocycles. The molecule has 0 aliphatic carbocycles. The van der Waals surface area contributed by atoms with E-state index in [-0.39, 0.29) is 5.92 Å². The number of rotatable bonds is 8. The minimum Gasteiger partial charge on any atom is -0.494 e. The highest BCUT2D eigenvalue weighted by atomic mass is 16.5. The molecule has 0 saturated carbocycles. The van der Waals surface area contributed by atoms with Crippen LogP contribution >= 0.6 is 0 Å². The van der Waals surface area contributed by atoms with Gasteiger partial charge >= 0.3 is 5.97 Å². The quantitative estimate of drug-likeness (QED) is 0.742. The summed E-state index contributed by atoms with van der Waals surface area (Å²) < 4.78 is 10.9. The first-order valence-electron chi connectivity index (χ1n) is 6.65. The standard InChI is InChI=1S/C16H20O4/c1-3-5-11-19-14-6-8-15(9-7-14)20-12-10-13(4-2)16(17)18/h6-9,13H,4,10-12H2,1-2H3,(H,17,18). The number of aliphatic carboxylic acids is 1. The van der Waals surface area contributed by atoms with Crippen LogP contribution in [0.5, 0.6) is 11.5 Å². The van der Waals surface area contributed by atoms with Crippen molar-refractivity contribution in [3.05, 3.63) is 24.3 Å². The van der Waals surface area contributed by atoms with Gasteiger partial charge in [-0.05, 0) is 44.0 Å². The molecule has 0 fully saturated rings. The third-order valence-corrected chi connectivity index (χ3v) is 2.89. The summed E-state index contributed by atoms with van der Waals surface area (Å²) >= 11 is 0. The number of hydrogen-bond acceptors (Lipinski definition) is 3. The molecule has 0 heterocycles. The van der Waals surface area contributed by atoms with Gasteiger partial charge in [-0.15, -0.1) is 5.92 Å². The average Bonchev–Trinajstić information content (AvgIpc) is 2.45. The molecule has 1 unspecified atom stereocenters. The van der Waals surface area contributed by atoms with Gasteiger partial charge in [0.2, 0.25) is 0 Å². The summed E-state index contributed by atoms with van der Waals surface area (Å²) in [5.41, 5.74) is 0. The van der Waals surface area contributed by atoms with E-state index in [1.807, 2.05) is 6.92 Å². The zero-order valence-electron chi connectivity index (χ0n) is 11.9. The Morgan fingerprint density at radius 3 is 2.35 bits per heavy atom. The average molecular weight is 276 g/mol. The molecule has 1 aromatic carbocycles. The van der Waals surface area contributed by atoms with Crippen molar-refractivity contribution < 1.29 is 19.4 Å². The maximum absolute atomic E-state index is 10.9. The first kappa shape index (κ1) is 15.9. The smallest absolute Gasteiger partial charge is 0.306 e. The molecule has 20 heavy (non-hydrogen) atoms. The third kappa shape index (κ3) is 5.66. The number of carboxylic acid groups (broad SMARTS) is 1. The first-order valence-corrected chi connectivity index (χ1v) is 6.65. The van der Waals surface area contributed by atoms with Gasteiger partial charge < -0.3 is 14.6 Å². The largest absolute Gasteiger partial charge is 0.494 e. The van der Waals surface area contributed by atoms with Crippen LogP contribution in [0.3, 0.4) is 0 Å². The number of carbonyl (C=O) groups is 1. The SMILES string of the molecule is CC#CCOc1ccc(OCCC(CC)C(=O)O)cc1. The van der Waals surface area contributed by atoms with Gasteiger partial charge in [-0.3, -0.25) is 4.79 Å². The lowest BCUT2D eigenvalue weighted by atomic mass is 10.0. The van der Waals surface area contributed by atoms with Crippen LogP contribution in [0.1, 0.15) is 26.7 Å². The Kier molecular flexibility index (Phi) is 7.05. The second kappa shape index (κ2) is 8.87. The Morgan fingerprint density at radius 2 is 1.85 bits per heavy atom. The maximum atomic E-state index is 10.9. The Labute approximate surface area is 119 Å². The van der Waals surface area contributed by atoms with Crippen molar-refractivity contribution in [3.8, 4) is 23.3 Å². The monoisotopic (exact) mass is 276 g/mol. The molecule has 0 saturated heterocycles. The predicted molar refractivity (Wildman–Crippen MR) is 76.9 cm³/mol. The topological polar surface area (TPSA) is 55.8 Å². The van der Waals surface area contributed by atoms with Gasteiger partial charge in [-0.2, -0.15) is 0 Å². The van der Waals surface area contributed by atoms with Crippen molar-refractivity contribution in [1.29, 1.82) is 0 Å². The van der Waals surface area contributed by atoms with Crippen LogP contribution in [0.25, 0.3) is 0 Å². The summed E-state index contributed by atoms with van der Waals surface area (Å²) in [6.07, 6.45) is 1.13. The zero-order valence-corrected chi connectivity index (χ0v) is 11.9. The molecule has 0 radical (unpaired) electrons. The molecule has 0 spiro atoms. The molecule has 0 amide bonds. The lowest BCUT2D eigenvalue weighted by Crippen LogP contribution is -2.15. The lowest BCUT2D eigenvalue weighted by molar-refractivity contribution is -0.142. The molecule has 1 N–H and O–H groups in total. The fourth-order valence-corrected chi connectivity index (χ4v) is 1.64. The van der Waals surface area contributed by atoms with Crippen molar-refractivity contribution in [3.63, 3.8) is 0 Å². The van der Waals surface area contributed by atoms with Crippen molar-refractivity contribution in [1.82, 2.24) is 0 Å². The van der Waals surface area contributed by atoms with Crippen LogP contribution in [0.4, 0.5) is 0 Å². The van der Waals surface area contributed by atoms with Gasteiger partial charge in [-0.1, -0.05) is 12.8 Å². The predicted octanol–water partition coefficient (Wildman–Crippen LogP) is 2.97. The number of carboxylic acids is 1. The fraction of sp³-hybridized carbons (Fsp3) is 0.438. The maximum Gasteiger partial charge on any atom is 0.306 e. The van der Waals surface area contributed by atoms with Crippen molar-refractivity contribution in [2.75, 3.05) is 13.2 Å². The van der Waals surface area contributed by atoms with E-state index < -0.39 is 5.97 Å². The molecule has 4 nitrogen and oxygen atoms in total. The van der Waals surface area contributed by atoms with Crippen LogP contribution in [0, 0.1) is 17.8 Å². The minimum atomic E-state index is -0.767. The molecular weight excluding hydrogens is 256 g/mol. The summed E-state index contributed by atoms with van der Waals surface area (Å²) in [6, 6.07) is 7.22. The summed E-state index contributed by atoms with van der Waals surface area (Å²) in [5.74, 6) is 5.90. The van der Waals surface area contributed by atoms with E-state index in [0.29, 0.717) is 31.8 Å². The molecular formula is C16H20O4. The van der Waals surface area contributed by atoms with Crippen LogP contribution in [-0.2, 0) is 4.79 Å². The van der Waals surface area contributed by atoms with E-state index in [9.17, 15) is 4.79 Å². The molecule has 1 atom stereocenters. The molecule has 108 valence electrons. The molecule has 0 aliphatic rings. The van der Waals surface area contributed by atoms with Gasteiger partial charge in [0, 0.05) is 0 Å². The van der Waals surface area contributed by atoms with E-state index in [2.05, 4.69) is 11.8 Å². The summed E-state index contributed by atoms with van der Waals surface area (Å²) in [7, 11) is 0. The Morgan fingerprint density at radius 1 is 1.25 bits per heavy atom. The third-order valence-electron chi connectivity index (χ3n) is 2.89. The fourth-order valence-electron chi connectivity index (χ4n) is 1.64. The Balaban J connectivity index is 2.37. The Bertz CT molecular complexity index is 467.